The molecule has 0 spiro atoms. The van der Waals surface area contributed by atoms with Gasteiger partial charge in [0, 0.05) is 6.54 Å². The largest absolute Gasteiger partial charge is 0.497 e. The summed E-state index contributed by atoms with van der Waals surface area (Å²) in [5.74, 6) is 0.383. The lowest BCUT2D eigenvalue weighted by atomic mass is 9.76. The molecule has 3 aromatic carbocycles. The Bertz CT molecular complexity index is 1250. The van der Waals surface area contributed by atoms with Gasteiger partial charge in [0.25, 0.3) is 0 Å². The van der Waals surface area contributed by atoms with Gasteiger partial charge in [0.1, 0.15) is 5.75 Å². The van der Waals surface area contributed by atoms with E-state index in [2.05, 4.69) is 50.2 Å². The highest BCUT2D eigenvalue weighted by molar-refractivity contribution is 6.04. The Morgan fingerprint density at radius 1 is 1.12 bits per heavy atom. The zero-order valence-electron chi connectivity index (χ0n) is 19.8. The first-order valence-electron chi connectivity index (χ1n) is 11.3. The van der Waals surface area contributed by atoms with Crippen LogP contribution in [0.25, 0.3) is 22.4 Å². The molecular weight excluding hydrogens is 410 g/mol. The van der Waals surface area contributed by atoms with E-state index in [0.717, 1.165) is 41.5 Å². The van der Waals surface area contributed by atoms with Crippen molar-refractivity contribution in [1.29, 1.82) is 0 Å². The number of nitrogens with zero attached hydrogens (tertiary/aromatic N) is 1. The summed E-state index contributed by atoms with van der Waals surface area (Å²) in [5.41, 5.74) is 6.33. The molecule has 0 aromatic heterocycles. The monoisotopic (exact) mass is 441 g/mol. The molecule has 4 rings (SSSR count). The molecule has 0 saturated heterocycles. The number of carboxylic acid groups (broad SMARTS) is 1. The first-order valence-corrected chi connectivity index (χ1v) is 11.3. The number of ether oxygens (including phenoxy) is 1. The van der Waals surface area contributed by atoms with Crippen LogP contribution in [0.2, 0.25) is 0 Å². The van der Waals surface area contributed by atoms with Crippen LogP contribution in [0.4, 0.5) is 0 Å². The molecule has 4 nitrogen and oxygen atoms in total. The van der Waals surface area contributed by atoms with Crippen molar-refractivity contribution >= 4 is 28.4 Å². The molecule has 1 N–H and O–H groups in total. The Morgan fingerprint density at radius 3 is 2.64 bits per heavy atom. The van der Waals surface area contributed by atoms with Crippen molar-refractivity contribution in [1.82, 2.24) is 4.90 Å². The molecule has 0 bridgehead atoms. The molecule has 0 heterocycles. The number of hydrogen-bond donors (Lipinski definition) is 1. The quantitative estimate of drug-likeness (QED) is 0.482. The van der Waals surface area contributed by atoms with Crippen molar-refractivity contribution in [3.8, 4) is 5.75 Å². The zero-order chi connectivity index (χ0) is 23.5. The smallest absolute Gasteiger partial charge is 0.336 e. The van der Waals surface area contributed by atoms with Gasteiger partial charge >= 0.3 is 5.97 Å². The fraction of sp³-hybridized carbons (Fsp3) is 0.276. The molecular formula is C29H31NO3. The number of benzene rings is 3. The topological polar surface area (TPSA) is 49.8 Å². The lowest BCUT2D eigenvalue weighted by molar-refractivity contribution is 0.0699. The van der Waals surface area contributed by atoms with Crippen LogP contribution in [0.15, 0.2) is 71.8 Å². The molecule has 4 heteroatoms. The molecule has 1 aliphatic carbocycles. The lowest BCUT2D eigenvalue weighted by Crippen LogP contribution is -2.25. The van der Waals surface area contributed by atoms with E-state index in [0.29, 0.717) is 11.5 Å². The summed E-state index contributed by atoms with van der Waals surface area (Å²) < 4.78 is 5.49. The molecule has 0 aliphatic heterocycles. The Hall–Kier alpha value is -3.37. The van der Waals surface area contributed by atoms with Crippen molar-refractivity contribution in [2.45, 2.75) is 19.8 Å². The van der Waals surface area contributed by atoms with Gasteiger partial charge in [0.2, 0.25) is 0 Å². The van der Waals surface area contributed by atoms with Gasteiger partial charge in [-0.3, -0.25) is 0 Å². The molecule has 0 saturated carbocycles. The van der Waals surface area contributed by atoms with E-state index < -0.39 is 5.97 Å². The van der Waals surface area contributed by atoms with Crippen molar-refractivity contribution < 1.29 is 14.6 Å². The summed E-state index contributed by atoms with van der Waals surface area (Å²) >= 11 is 0. The number of carboxylic acids is 1. The average Bonchev–Trinajstić information content (AvgIpc) is 2.80. The second-order valence-corrected chi connectivity index (χ2v) is 9.03. The number of hydrogen-bond acceptors (Lipinski definition) is 3. The minimum Gasteiger partial charge on any atom is -0.497 e. The van der Waals surface area contributed by atoms with E-state index in [-0.39, 0.29) is 0 Å². The number of carbonyl (C=O) groups is 1. The minimum atomic E-state index is -0.898. The molecule has 1 unspecified atom stereocenters. The van der Waals surface area contributed by atoms with Crippen molar-refractivity contribution in [2.75, 3.05) is 27.7 Å². The molecule has 3 aromatic rings. The normalized spacial score (nSPS) is 17.7. The van der Waals surface area contributed by atoms with Crippen molar-refractivity contribution in [3.05, 3.63) is 88.5 Å². The fourth-order valence-electron chi connectivity index (χ4n) is 4.98. The molecule has 170 valence electrons. The summed E-state index contributed by atoms with van der Waals surface area (Å²) in [6.45, 7) is 3.18. The third kappa shape index (κ3) is 4.86. The van der Waals surface area contributed by atoms with Crippen LogP contribution in [0.5, 0.6) is 5.75 Å². The second-order valence-electron chi connectivity index (χ2n) is 9.03. The van der Waals surface area contributed by atoms with Crippen LogP contribution in [-0.2, 0) is 0 Å². The second kappa shape index (κ2) is 9.63. The fourth-order valence-corrected chi connectivity index (χ4v) is 4.98. The summed E-state index contributed by atoms with van der Waals surface area (Å²) in [4.78, 5) is 14.2. The Morgan fingerprint density at radius 2 is 1.91 bits per heavy atom. The highest BCUT2D eigenvalue weighted by atomic mass is 16.5. The first kappa shape index (κ1) is 22.8. The van der Waals surface area contributed by atoms with E-state index in [4.69, 9.17) is 4.74 Å². The first-order chi connectivity index (χ1) is 15.9. The van der Waals surface area contributed by atoms with Gasteiger partial charge in [-0.1, -0.05) is 42.5 Å². The summed E-state index contributed by atoms with van der Waals surface area (Å²) in [6, 6.07) is 19.8. The molecule has 1 aliphatic rings. The Labute approximate surface area is 195 Å². The van der Waals surface area contributed by atoms with Crippen LogP contribution in [-0.4, -0.2) is 43.7 Å². The minimum absolute atomic E-state index is 0.343. The third-order valence-electron chi connectivity index (χ3n) is 6.48. The van der Waals surface area contributed by atoms with Crippen LogP contribution >= 0.6 is 0 Å². The highest BCUT2D eigenvalue weighted by Crippen LogP contribution is 2.41. The van der Waals surface area contributed by atoms with Crippen LogP contribution in [0.3, 0.4) is 0 Å². The molecule has 0 radical (unpaired) electrons. The standard InChI is InChI=1S/C29H31NO3/c1-19-21(14-20-15-22-8-5-6-11-26(22)27(16-20)29(31)32)12-13-24(18-30(2)3)28(19)23-9-7-10-25(17-23)33-4/h5-11,14-17,24H,12-13,18H2,1-4H3,(H,31,32)/b21-14+. The van der Waals surface area contributed by atoms with Crippen LogP contribution in [0.1, 0.15) is 41.3 Å². The highest BCUT2D eigenvalue weighted by Gasteiger charge is 2.26. The molecule has 1 atom stereocenters. The number of allylic oxidation sites excluding steroid dienone is 2. The predicted octanol–water partition coefficient (Wildman–Crippen LogP) is 6.38. The van der Waals surface area contributed by atoms with Gasteiger partial charge in [-0.25, -0.2) is 4.79 Å². The Kier molecular flexibility index (Phi) is 6.66. The maximum atomic E-state index is 11.9. The lowest BCUT2D eigenvalue weighted by Gasteiger charge is -2.32. The SMILES string of the molecule is COc1cccc(C2=C(C)/C(=C/c3cc(C(=O)O)c4ccccc4c3)CCC2CN(C)C)c1. The maximum absolute atomic E-state index is 11.9. The molecule has 0 amide bonds. The predicted molar refractivity (Wildman–Crippen MR) is 136 cm³/mol. The van der Waals surface area contributed by atoms with E-state index in [1.807, 2.05) is 36.4 Å². The summed E-state index contributed by atoms with van der Waals surface area (Å²) in [6.07, 6.45) is 4.18. The summed E-state index contributed by atoms with van der Waals surface area (Å²) in [5, 5.41) is 11.5. The van der Waals surface area contributed by atoms with E-state index in [1.165, 1.54) is 22.3 Å². The number of methoxy groups -OCH3 is 1. The molecule has 0 fully saturated rings. The van der Waals surface area contributed by atoms with Crippen LogP contribution < -0.4 is 4.74 Å². The van der Waals surface area contributed by atoms with Gasteiger partial charge in [-0.15, -0.1) is 0 Å². The van der Waals surface area contributed by atoms with Gasteiger partial charge < -0.3 is 14.7 Å². The summed E-state index contributed by atoms with van der Waals surface area (Å²) in [7, 11) is 5.93. The Balaban J connectivity index is 1.84. The maximum Gasteiger partial charge on any atom is 0.336 e. The van der Waals surface area contributed by atoms with Gasteiger partial charge in [-0.2, -0.15) is 0 Å². The zero-order valence-corrected chi connectivity index (χ0v) is 19.8. The van der Waals surface area contributed by atoms with Crippen LogP contribution in [0, 0.1) is 5.92 Å². The third-order valence-corrected chi connectivity index (χ3v) is 6.48. The van der Waals surface area contributed by atoms with Gasteiger partial charge in [0.15, 0.2) is 0 Å². The molecule has 33 heavy (non-hydrogen) atoms. The van der Waals surface area contributed by atoms with Crippen molar-refractivity contribution in [2.24, 2.45) is 5.92 Å². The van der Waals surface area contributed by atoms with Gasteiger partial charge in [-0.05, 0) is 103 Å². The average molecular weight is 442 g/mol. The van der Waals surface area contributed by atoms with Crippen molar-refractivity contribution in [3.63, 3.8) is 0 Å². The van der Waals surface area contributed by atoms with Gasteiger partial charge in [0.05, 0.1) is 12.7 Å². The van der Waals surface area contributed by atoms with E-state index in [9.17, 15) is 9.90 Å². The van der Waals surface area contributed by atoms with E-state index >= 15 is 0 Å². The number of fused-ring (bicyclic) bond motifs is 1. The number of rotatable bonds is 6. The van der Waals surface area contributed by atoms with E-state index in [1.54, 1.807) is 13.2 Å². The number of aromatic carboxylic acids is 1.